The molecule has 0 unspecified atom stereocenters. The molecule has 4 heterocycles. The highest BCUT2D eigenvalue weighted by atomic mass is 32.2. The third-order valence-electron chi connectivity index (χ3n) is 22.3. The number of anilines is 10. The average molecular weight is 1820 g/mol. The molecule has 644 valence electrons. The number of carbonyl (C=O) groups is 4. The first-order chi connectivity index (χ1) is 58.9. The van der Waals surface area contributed by atoms with Crippen LogP contribution in [0, 0.1) is 11.8 Å². The van der Waals surface area contributed by atoms with Crippen LogP contribution in [0.15, 0.2) is 185 Å². The minimum atomic E-state index is -5.48. The summed E-state index contributed by atoms with van der Waals surface area (Å²) in [7, 11) is -29.0. The smallest absolute Gasteiger partial charge is 0.320 e. The molecule has 125 heavy (non-hydrogen) atoms. The fraction of sp³-hybridized carbons (Fsp3) is 0.190. The lowest BCUT2D eigenvalue weighted by atomic mass is 9.75. The van der Waals surface area contributed by atoms with E-state index < -0.39 is 182 Å². The van der Waals surface area contributed by atoms with Crippen molar-refractivity contribution in [2.45, 2.75) is 99.2 Å². The SMILES string of the molecule is Cn1c(=O)c(C(=O)c2cccc(S(=O)(=O)O)c2)c2c3c(c(Nc4cc(Nc5nc(O)nc(NC6CCC(CC7CCC(Nc8nc(O)nc(Nc9cc(Nc%10ccc%11c%12c%10C(=O)c%10ccccc%10-c%12c(C(=O)c%10cccc(S(=O)(=O)O)c%10)c(=O)n%11C)c(S(=O)(=O)O)cc9S(=O)(=O)O)n8)CC7)CC6)n5)c(S(=O)(=O)O)cc4S(=O)(=O)O)ccc31)C(=O)c1ccccc1-2. The number of hydrogen-bond donors (Lipinski definition) is 14. The first-order valence-corrected chi connectivity index (χ1v) is 46.2. The van der Waals surface area contributed by atoms with E-state index >= 15 is 0 Å². The molecule has 46 heteroatoms. The molecular weight excluding hydrogens is 1750 g/mol. The van der Waals surface area contributed by atoms with Gasteiger partial charge in [-0.1, -0.05) is 72.8 Å². The molecule has 40 nitrogen and oxygen atoms in total. The quantitative estimate of drug-likeness (QED) is 0.0198. The van der Waals surface area contributed by atoms with E-state index in [1.165, 1.54) is 99.0 Å². The van der Waals surface area contributed by atoms with Gasteiger partial charge in [0.25, 0.3) is 71.8 Å². The van der Waals surface area contributed by atoms with Gasteiger partial charge in [-0.15, -0.1) is 0 Å². The summed E-state index contributed by atoms with van der Waals surface area (Å²) in [5.41, 5.74) is -7.24. The number of carbonyl (C=O) groups excluding carboxylic acids is 4. The molecule has 8 aromatic carbocycles. The zero-order chi connectivity index (χ0) is 89.4. The van der Waals surface area contributed by atoms with Crippen molar-refractivity contribution in [3.05, 3.63) is 211 Å². The van der Waals surface area contributed by atoms with Crippen LogP contribution in [0.5, 0.6) is 12.0 Å². The summed E-state index contributed by atoms with van der Waals surface area (Å²) in [5, 5.41) is 38.7. The Hall–Kier alpha value is -13.3. The van der Waals surface area contributed by atoms with Gasteiger partial charge in [0, 0.05) is 70.3 Å². The molecule has 12 aromatic rings. The van der Waals surface area contributed by atoms with E-state index in [-0.39, 0.29) is 125 Å². The number of benzene rings is 8. The van der Waals surface area contributed by atoms with Crippen molar-refractivity contribution in [1.82, 2.24) is 39.0 Å². The Morgan fingerprint density at radius 1 is 0.360 bits per heavy atom. The Morgan fingerprint density at radius 2 is 0.688 bits per heavy atom. The number of nitrogens with one attached hydrogen (secondary N) is 6. The molecular formula is C79H66N14O26S6. The van der Waals surface area contributed by atoms with Gasteiger partial charge in [-0.25, -0.2) is 0 Å². The third-order valence-corrected chi connectivity index (χ3v) is 27.6. The molecule has 0 saturated heterocycles. The Labute approximate surface area is 707 Å². The highest BCUT2D eigenvalue weighted by molar-refractivity contribution is 7.87. The number of aromatic hydroxyl groups is 2. The maximum Gasteiger partial charge on any atom is 0.320 e. The minimum absolute atomic E-state index is 0.0433. The Kier molecular flexibility index (Phi) is 21.5. The van der Waals surface area contributed by atoms with Crippen LogP contribution in [-0.4, -0.2) is 162 Å². The molecule has 0 amide bonds. The summed E-state index contributed by atoms with van der Waals surface area (Å²) in [4.78, 5) is 106. The van der Waals surface area contributed by atoms with Crippen LogP contribution in [0.1, 0.15) is 121 Å². The van der Waals surface area contributed by atoms with E-state index in [0.717, 1.165) is 64.1 Å². The number of nitrogens with zero attached hydrogens (tertiary/aromatic N) is 8. The van der Waals surface area contributed by atoms with Crippen LogP contribution in [0.25, 0.3) is 44.1 Å². The summed E-state index contributed by atoms with van der Waals surface area (Å²) in [6.45, 7) is 0. The van der Waals surface area contributed by atoms with Crippen LogP contribution in [-0.2, 0) is 74.8 Å². The van der Waals surface area contributed by atoms with Gasteiger partial charge < -0.3 is 51.2 Å². The van der Waals surface area contributed by atoms with E-state index in [9.17, 15) is 117 Å². The van der Waals surface area contributed by atoms with Gasteiger partial charge in [-0.2, -0.15) is 80.4 Å². The molecule has 2 fully saturated rings. The number of aromatic nitrogens is 8. The second-order valence-corrected chi connectivity index (χ2v) is 38.4. The number of fused-ring (bicyclic) bond motifs is 4. The van der Waals surface area contributed by atoms with Gasteiger partial charge in [0.1, 0.15) is 19.6 Å². The Morgan fingerprint density at radius 3 is 1.02 bits per heavy atom. The summed E-state index contributed by atoms with van der Waals surface area (Å²) in [6.07, 6.45) is 5.92. The number of pyridine rings is 2. The van der Waals surface area contributed by atoms with Crippen LogP contribution in [0.4, 0.5) is 57.9 Å². The predicted octanol–water partition coefficient (Wildman–Crippen LogP) is 9.54. The van der Waals surface area contributed by atoms with Gasteiger partial charge in [0.15, 0.2) is 23.1 Å². The summed E-state index contributed by atoms with van der Waals surface area (Å²) in [6, 6.07) is 25.4. The van der Waals surface area contributed by atoms with Gasteiger partial charge >= 0.3 is 12.0 Å². The first kappa shape index (κ1) is 85.3. The van der Waals surface area contributed by atoms with Crippen molar-refractivity contribution >= 4 is 164 Å². The summed E-state index contributed by atoms with van der Waals surface area (Å²) < 4.78 is 219. The number of ketones is 4. The van der Waals surface area contributed by atoms with Crippen LogP contribution >= 0.6 is 0 Å². The van der Waals surface area contributed by atoms with Crippen molar-refractivity contribution in [1.29, 1.82) is 0 Å². The van der Waals surface area contributed by atoms with E-state index in [0.29, 0.717) is 63.5 Å². The molecule has 4 aliphatic rings. The largest absolute Gasteiger partial charge is 0.479 e. The first-order valence-electron chi connectivity index (χ1n) is 37.6. The van der Waals surface area contributed by atoms with Crippen molar-refractivity contribution in [3.63, 3.8) is 0 Å². The van der Waals surface area contributed by atoms with Crippen LogP contribution in [0.2, 0.25) is 0 Å². The number of aryl methyl sites for hydroxylation is 2. The van der Waals surface area contributed by atoms with Crippen molar-refractivity contribution in [3.8, 4) is 34.3 Å². The molecule has 0 aliphatic heterocycles. The van der Waals surface area contributed by atoms with E-state index in [4.69, 9.17) is 0 Å². The lowest BCUT2D eigenvalue weighted by Gasteiger charge is -2.34. The van der Waals surface area contributed by atoms with E-state index in [1.54, 1.807) is 0 Å². The maximum absolute atomic E-state index is 14.9. The third kappa shape index (κ3) is 16.4. The zero-order valence-corrected chi connectivity index (χ0v) is 69.4. The van der Waals surface area contributed by atoms with Crippen molar-refractivity contribution < 1.29 is 107 Å². The predicted molar refractivity (Wildman–Crippen MR) is 447 cm³/mol. The van der Waals surface area contributed by atoms with Crippen molar-refractivity contribution in [2.75, 3.05) is 31.9 Å². The molecule has 4 aromatic heterocycles. The molecule has 0 spiro atoms. The maximum atomic E-state index is 14.9. The number of rotatable bonds is 24. The molecule has 4 aliphatic carbocycles. The summed E-state index contributed by atoms with van der Waals surface area (Å²) >= 11 is 0. The fourth-order valence-electron chi connectivity index (χ4n) is 16.6. The van der Waals surface area contributed by atoms with Crippen molar-refractivity contribution in [2.24, 2.45) is 25.9 Å². The van der Waals surface area contributed by atoms with Gasteiger partial charge in [-0.3, -0.25) is 56.1 Å². The zero-order valence-electron chi connectivity index (χ0n) is 64.5. The summed E-state index contributed by atoms with van der Waals surface area (Å²) in [5.74, 6) is -4.58. The standard InChI is InChI=1S/C79H66N14O26S6/c1-92-54-27-25-48(62-64(54)60(44-13-3-5-15-46(44)70(62)96)66(72(92)98)68(94)38-9-7-11-42(30-38)120(102,103)104)82-50-32-52(58(124(114,115)116)34-56(50)122(108,109)110)84-76-86-74(88-78(100)90-76)80-40-21-17-36(18-22-40)29-37-19-23-41(24-20-37)81-75-87-77(91-79(101)89-75)85-53-33-51(57(123(111,112)113)35-59(53)125(117,118)119)83-49-26-28-55-65-61(45-14-4-6-16-47(45)71(97)63(49)65)67(73(99)93(55)2)69(95)39-10-8-12-43(31-39)121(105,106)107/h3-16,25-28,30-37,40-41,82-83H,17-24,29H2,1-2H3,(H,102,103,104)(H,105,106,107)(H,108,109,110)(H,111,112,113)(H,114,115,116)(H,117,118,119)(H3,80,84,86,88,90,100)(H3,81,85,87,89,91,101). The number of hydrogen-bond acceptors (Lipinski definition) is 32. The molecule has 0 bridgehead atoms. The fourth-order valence-corrected chi connectivity index (χ4v) is 20.5. The lowest BCUT2D eigenvalue weighted by molar-refractivity contribution is 0.102. The van der Waals surface area contributed by atoms with Crippen LogP contribution in [0.3, 0.4) is 0 Å². The molecule has 16 rings (SSSR count). The van der Waals surface area contributed by atoms with Gasteiger partial charge in [0.2, 0.25) is 23.8 Å². The molecule has 0 radical (unpaired) electrons. The molecule has 0 atom stereocenters. The topological polar surface area (TPSA) is 628 Å². The second-order valence-electron chi connectivity index (χ2n) is 30.0. The Bertz CT molecular complexity index is 7200. The van der Waals surface area contributed by atoms with Gasteiger partial charge in [0.05, 0.1) is 77.2 Å². The molecule has 2 saturated carbocycles. The Balaban J connectivity index is 0.599. The van der Waals surface area contributed by atoms with Gasteiger partial charge in [-0.05, 0) is 154 Å². The second kappa shape index (κ2) is 31.5. The highest BCUT2D eigenvalue weighted by Crippen LogP contribution is 2.49. The lowest BCUT2D eigenvalue weighted by Crippen LogP contribution is -2.30. The minimum Gasteiger partial charge on any atom is -0.479 e. The normalized spacial score (nSPS) is 16.5. The molecule has 14 N–H and O–H groups in total. The monoisotopic (exact) mass is 1820 g/mol. The van der Waals surface area contributed by atoms with E-state index in [2.05, 4.69) is 61.8 Å². The van der Waals surface area contributed by atoms with Crippen LogP contribution < -0.4 is 43.0 Å². The van der Waals surface area contributed by atoms with E-state index in [1.807, 2.05) is 0 Å². The average Bonchev–Trinajstić information content (AvgIpc) is 0.708. The highest BCUT2D eigenvalue weighted by Gasteiger charge is 2.40.